The third-order valence-corrected chi connectivity index (χ3v) is 5.54. The number of anilines is 1. The molecule has 1 N–H and O–H groups in total. The summed E-state index contributed by atoms with van der Waals surface area (Å²) >= 11 is 3.77. The molecule has 21 heavy (non-hydrogen) atoms. The lowest BCUT2D eigenvalue weighted by molar-refractivity contribution is 0.664. The summed E-state index contributed by atoms with van der Waals surface area (Å²) in [5.41, 5.74) is 1.27. The van der Waals surface area contributed by atoms with Crippen LogP contribution in [0.2, 0.25) is 0 Å². The van der Waals surface area contributed by atoms with Gasteiger partial charge in [0.1, 0.15) is 0 Å². The van der Waals surface area contributed by atoms with Crippen molar-refractivity contribution in [2.24, 2.45) is 0 Å². The molecule has 1 heterocycles. The molecule has 1 unspecified atom stereocenters. The zero-order valence-corrected chi connectivity index (χ0v) is 16.0. The minimum absolute atomic E-state index is 0.488. The van der Waals surface area contributed by atoms with E-state index in [1.165, 1.54) is 22.1 Å². The Morgan fingerprint density at radius 2 is 2.05 bits per heavy atom. The highest BCUT2D eigenvalue weighted by atomic mass is 32.2. The summed E-state index contributed by atoms with van der Waals surface area (Å²) in [5.74, 6) is 1.65. The monoisotopic (exact) mass is 329 g/mol. The summed E-state index contributed by atoms with van der Waals surface area (Å²) in [6.07, 6.45) is 4.52. The van der Waals surface area contributed by atoms with E-state index >= 15 is 0 Å². The van der Waals surface area contributed by atoms with E-state index in [4.69, 9.17) is 4.98 Å². The first kappa shape index (κ1) is 18.8. The normalized spacial score (nSPS) is 12.9. The Kier molecular flexibility index (Phi) is 8.67. The minimum Gasteiger partial charge on any atom is -0.347 e. The third-order valence-electron chi connectivity index (χ3n) is 3.66. The van der Waals surface area contributed by atoms with Gasteiger partial charge in [0.15, 0.2) is 5.13 Å². The van der Waals surface area contributed by atoms with Crippen LogP contribution in [0.5, 0.6) is 0 Å². The highest BCUT2D eigenvalue weighted by Crippen LogP contribution is 2.31. The number of thioether (sulfide) groups is 1. The Morgan fingerprint density at radius 1 is 1.33 bits per heavy atom. The largest absolute Gasteiger partial charge is 0.347 e. The second-order valence-corrected chi connectivity index (χ2v) is 7.74. The summed E-state index contributed by atoms with van der Waals surface area (Å²) < 4.78 is 0. The predicted octanol–water partition coefficient (Wildman–Crippen LogP) is 4.34. The van der Waals surface area contributed by atoms with E-state index in [9.17, 15) is 0 Å². The van der Waals surface area contributed by atoms with Crippen LogP contribution in [0.15, 0.2) is 0 Å². The zero-order chi connectivity index (χ0) is 15.8. The molecular formula is C16H31N3S2. The zero-order valence-electron chi connectivity index (χ0n) is 14.4. The topological polar surface area (TPSA) is 28.2 Å². The first-order valence-corrected chi connectivity index (χ1v) is 10.2. The Morgan fingerprint density at radius 3 is 2.57 bits per heavy atom. The van der Waals surface area contributed by atoms with Crippen molar-refractivity contribution in [2.45, 2.75) is 59.0 Å². The molecule has 0 amide bonds. The quantitative estimate of drug-likeness (QED) is 0.646. The van der Waals surface area contributed by atoms with Crippen LogP contribution in [0.4, 0.5) is 5.13 Å². The molecule has 122 valence electrons. The Balaban J connectivity index is 2.89. The minimum atomic E-state index is 0.488. The Hall–Kier alpha value is -0.260. The van der Waals surface area contributed by atoms with Gasteiger partial charge in [0, 0.05) is 30.3 Å². The van der Waals surface area contributed by atoms with Gasteiger partial charge in [-0.2, -0.15) is 11.8 Å². The van der Waals surface area contributed by atoms with Gasteiger partial charge in [-0.25, -0.2) is 4.98 Å². The van der Waals surface area contributed by atoms with Crippen LogP contribution in [-0.4, -0.2) is 36.6 Å². The second-order valence-electron chi connectivity index (χ2n) is 5.76. The highest BCUT2D eigenvalue weighted by molar-refractivity contribution is 7.98. The maximum absolute atomic E-state index is 4.93. The molecule has 0 saturated carbocycles. The van der Waals surface area contributed by atoms with Crippen molar-refractivity contribution in [1.82, 2.24) is 10.3 Å². The average Bonchev–Trinajstić information content (AvgIpc) is 2.88. The first-order valence-electron chi connectivity index (χ1n) is 7.97. The molecule has 1 rings (SSSR count). The van der Waals surface area contributed by atoms with Crippen LogP contribution in [0.1, 0.15) is 57.0 Å². The lowest BCUT2D eigenvalue weighted by atomic mass is 10.1. The number of rotatable bonds is 10. The van der Waals surface area contributed by atoms with Crippen LogP contribution >= 0.6 is 23.1 Å². The molecule has 0 aromatic carbocycles. The van der Waals surface area contributed by atoms with E-state index in [0.717, 1.165) is 25.3 Å². The van der Waals surface area contributed by atoms with Crippen molar-refractivity contribution in [3.63, 3.8) is 0 Å². The fourth-order valence-corrected chi connectivity index (χ4v) is 4.37. The average molecular weight is 330 g/mol. The molecular weight excluding hydrogens is 298 g/mol. The molecule has 0 fully saturated rings. The molecule has 0 spiro atoms. The molecule has 1 aromatic rings. The lowest BCUT2D eigenvalue weighted by Gasteiger charge is -2.26. The molecule has 0 aliphatic rings. The lowest BCUT2D eigenvalue weighted by Crippen LogP contribution is -2.33. The van der Waals surface area contributed by atoms with Gasteiger partial charge in [0.25, 0.3) is 0 Å². The van der Waals surface area contributed by atoms with Crippen LogP contribution in [0.25, 0.3) is 0 Å². The van der Waals surface area contributed by atoms with Gasteiger partial charge in [-0.3, -0.25) is 0 Å². The van der Waals surface area contributed by atoms with Gasteiger partial charge < -0.3 is 10.2 Å². The van der Waals surface area contributed by atoms with E-state index in [2.05, 4.69) is 51.2 Å². The molecule has 0 aliphatic carbocycles. The van der Waals surface area contributed by atoms with Gasteiger partial charge >= 0.3 is 0 Å². The Labute approximate surface area is 138 Å². The van der Waals surface area contributed by atoms with Crippen molar-refractivity contribution in [3.8, 4) is 0 Å². The molecule has 0 saturated heterocycles. The number of nitrogens with zero attached hydrogens (tertiary/aromatic N) is 2. The highest BCUT2D eigenvalue weighted by Gasteiger charge is 2.20. The summed E-state index contributed by atoms with van der Waals surface area (Å²) in [7, 11) is 2.19. The van der Waals surface area contributed by atoms with Gasteiger partial charge in [0.2, 0.25) is 0 Å². The van der Waals surface area contributed by atoms with Crippen molar-refractivity contribution >= 4 is 28.2 Å². The first-order chi connectivity index (χ1) is 10.0. The van der Waals surface area contributed by atoms with Crippen molar-refractivity contribution < 1.29 is 0 Å². The van der Waals surface area contributed by atoms with E-state index < -0.39 is 0 Å². The van der Waals surface area contributed by atoms with Gasteiger partial charge in [0.05, 0.1) is 5.69 Å². The van der Waals surface area contributed by atoms with Gasteiger partial charge in [-0.05, 0) is 31.6 Å². The van der Waals surface area contributed by atoms with Gasteiger partial charge in [-0.15, -0.1) is 11.3 Å². The summed E-state index contributed by atoms with van der Waals surface area (Å²) in [5, 5.41) is 4.69. The molecule has 3 nitrogen and oxygen atoms in total. The van der Waals surface area contributed by atoms with Gasteiger partial charge in [-0.1, -0.05) is 27.7 Å². The van der Waals surface area contributed by atoms with Crippen molar-refractivity contribution in [2.75, 3.05) is 30.5 Å². The summed E-state index contributed by atoms with van der Waals surface area (Å²) in [4.78, 5) is 8.71. The number of hydrogen-bond acceptors (Lipinski definition) is 5. The number of nitrogens with one attached hydrogen (secondary N) is 1. The number of hydrogen-bond donors (Lipinski definition) is 1. The van der Waals surface area contributed by atoms with Crippen molar-refractivity contribution in [1.29, 1.82) is 0 Å². The smallest absolute Gasteiger partial charge is 0.185 e. The van der Waals surface area contributed by atoms with E-state index in [0.29, 0.717) is 12.0 Å². The number of aromatic nitrogens is 1. The van der Waals surface area contributed by atoms with E-state index in [1.54, 1.807) is 0 Å². The summed E-state index contributed by atoms with van der Waals surface area (Å²) in [6, 6.07) is 0.572. The van der Waals surface area contributed by atoms with Crippen LogP contribution in [0, 0.1) is 0 Å². The van der Waals surface area contributed by atoms with E-state index in [1.807, 2.05) is 23.1 Å². The van der Waals surface area contributed by atoms with Crippen molar-refractivity contribution in [3.05, 3.63) is 10.6 Å². The molecule has 0 aliphatic heterocycles. The standard InChI is InChI=1S/C16H31N3S2/c1-7-9-17-10-14-15(12(3)4)18-16(21-14)19(5)13(8-2)11-20-6/h12-13,17H,7-11H2,1-6H3. The maximum atomic E-state index is 4.93. The molecule has 0 bridgehead atoms. The SMILES string of the molecule is CCCNCc1sc(N(C)C(CC)CSC)nc1C(C)C. The molecule has 5 heteroatoms. The fraction of sp³-hybridized carbons (Fsp3) is 0.812. The molecule has 0 radical (unpaired) electrons. The molecule has 1 atom stereocenters. The second kappa shape index (κ2) is 9.70. The Bertz CT molecular complexity index is 404. The fourth-order valence-electron chi connectivity index (χ4n) is 2.31. The number of thiazole rings is 1. The third kappa shape index (κ3) is 5.46. The van der Waals surface area contributed by atoms with E-state index in [-0.39, 0.29) is 0 Å². The van der Waals surface area contributed by atoms with Crippen LogP contribution in [0.3, 0.4) is 0 Å². The van der Waals surface area contributed by atoms with Crippen LogP contribution < -0.4 is 10.2 Å². The predicted molar refractivity (Wildman–Crippen MR) is 99.1 cm³/mol. The summed E-state index contributed by atoms with van der Waals surface area (Å²) in [6.45, 7) is 11.0. The van der Waals surface area contributed by atoms with Crippen LogP contribution in [-0.2, 0) is 6.54 Å². The maximum Gasteiger partial charge on any atom is 0.185 e. The molecule has 1 aromatic heterocycles.